The summed E-state index contributed by atoms with van der Waals surface area (Å²) in [7, 11) is -3.46. The number of nitrogens with one attached hydrogen (secondary N) is 2. The van der Waals surface area contributed by atoms with Crippen molar-refractivity contribution in [1.29, 1.82) is 0 Å². The number of H-pyrrole nitrogens is 1. The van der Waals surface area contributed by atoms with E-state index in [1.807, 2.05) is 0 Å². The van der Waals surface area contributed by atoms with Crippen molar-refractivity contribution in [2.45, 2.75) is 49.5 Å². The molecule has 20 heavy (non-hydrogen) atoms. The number of rotatable bonds is 2. The van der Waals surface area contributed by atoms with Crippen LogP contribution in [-0.4, -0.2) is 48.1 Å². The van der Waals surface area contributed by atoms with Gasteiger partial charge in [-0.2, -0.15) is 9.40 Å². The molecule has 0 bridgehead atoms. The van der Waals surface area contributed by atoms with E-state index < -0.39 is 10.0 Å². The van der Waals surface area contributed by atoms with Crippen LogP contribution in [0.1, 0.15) is 37.8 Å². The third-order valence-corrected chi connectivity index (χ3v) is 6.73. The molecule has 1 aliphatic heterocycles. The maximum Gasteiger partial charge on any atom is 0.247 e. The fraction of sp³-hybridized carbons (Fsp3) is 0.769. The molecule has 1 saturated heterocycles. The Morgan fingerprint density at radius 1 is 1.30 bits per heavy atom. The molecule has 0 unspecified atom stereocenters. The van der Waals surface area contributed by atoms with Crippen molar-refractivity contribution >= 4 is 10.0 Å². The van der Waals surface area contributed by atoms with Crippen LogP contribution < -0.4 is 5.32 Å². The Hall–Kier alpha value is -0.920. The highest BCUT2D eigenvalue weighted by molar-refractivity contribution is 7.89. The van der Waals surface area contributed by atoms with Crippen molar-refractivity contribution in [2.75, 3.05) is 19.6 Å². The predicted octanol–water partition coefficient (Wildman–Crippen LogP) is 1.01. The van der Waals surface area contributed by atoms with Crippen molar-refractivity contribution in [3.63, 3.8) is 0 Å². The highest BCUT2D eigenvalue weighted by atomic mass is 32.2. The fourth-order valence-corrected chi connectivity index (χ4v) is 5.50. The molecule has 1 aromatic heterocycles. The average Bonchev–Trinajstić information content (AvgIpc) is 2.87. The first-order chi connectivity index (χ1) is 9.56. The van der Waals surface area contributed by atoms with Gasteiger partial charge in [0.25, 0.3) is 0 Å². The molecule has 3 rings (SSSR count). The third kappa shape index (κ3) is 2.17. The van der Waals surface area contributed by atoms with E-state index in [2.05, 4.69) is 15.5 Å². The summed E-state index contributed by atoms with van der Waals surface area (Å²) in [4.78, 5) is 0.323. The van der Waals surface area contributed by atoms with Crippen molar-refractivity contribution in [3.05, 3.63) is 11.9 Å². The van der Waals surface area contributed by atoms with E-state index in [1.165, 1.54) is 12.6 Å². The minimum Gasteiger partial charge on any atom is -0.314 e. The number of piperazine rings is 1. The van der Waals surface area contributed by atoms with Gasteiger partial charge in [-0.1, -0.05) is 19.3 Å². The molecule has 1 aromatic rings. The van der Waals surface area contributed by atoms with Crippen LogP contribution in [0.5, 0.6) is 0 Å². The van der Waals surface area contributed by atoms with Gasteiger partial charge < -0.3 is 5.32 Å². The molecule has 112 valence electrons. The topological polar surface area (TPSA) is 78.1 Å². The largest absolute Gasteiger partial charge is 0.314 e. The Bertz CT molecular complexity index is 567. The smallest absolute Gasteiger partial charge is 0.247 e. The maximum absolute atomic E-state index is 13.0. The lowest BCUT2D eigenvalue weighted by Gasteiger charge is -2.48. The zero-order valence-corrected chi connectivity index (χ0v) is 12.7. The number of sulfonamides is 1. The van der Waals surface area contributed by atoms with Crippen LogP contribution in [0.3, 0.4) is 0 Å². The summed E-state index contributed by atoms with van der Waals surface area (Å²) >= 11 is 0. The van der Waals surface area contributed by atoms with Crippen molar-refractivity contribution < 1.29 is 8.42 Å². The highest BCUT2D eigenvalue weighted by Gasteiger charge is 2.46. The highest BCUT2D eigenvalue weighted by Crippen LogP contribution is 2.38. The molecule has 1 aliphatic carbocycles. The standard InChI is InChI=1S/C13H22N4O2S/c1-11-12(9-15-16-11)20(18,19)17-8-7-14-10-13(17)5-3-2-4-6-13/h9,14H,2-8,10H2,1H3,(H,15,16). The lowest BCUT2D eigenvalue weighted by atomic mass is 9.80. The van der Waals surface area contributed by atoms with E-state index in [0.29, 0.717) is 17.1 Å². The van der Waals surface area contributed by atoms with Crippen LogP contribution in [0.2, 0.25) is 0 Å². The van der Waals surface area contributed by atoms with E-state index in [9.17, 15) is 8.42 Å². The molecular weight excluding hydrogens is 276 g/mol. The first-order valence-electron chi connectivity index (χ1n) is 7.30. The summed E-state index contributed by atoms with van der Waals surface area (Å²) in [5.74, 6) is 0. The normalized spacial score (nSPS) is 24.1. The van der Waals surface area contributed by atoms with Gasteiger partial charge in [-0.15, -0.1) is 0 Å². The van der Waals surface area contributed by atoms with Crippen LogP contribution in [-0.2, 0) is 10.0 Å². The summed E-state index contributed by atoms with van der Waals surface area (Å²) in [5, 5.41) is 9.98. The lowest BCUT2D eigenvalue weighted by Crippen LogP contribution is -2.63. The van der Waals surface area contributed by atoms with Crippen LogP contribution in [0, 0.1) is 6.92 Å². The Morgan fingerprint density at radius 2 is 2.05 bits per heavy atom. The zero-order chi connectivity index (χ0) is 14.2. The minimum atomic E-state index is -3.46. The van der Waals surface area contributed by atoms with Crippen LogP contribution in [0.4, 0.5) is 0 Å². The molecule has 2 fully saturated rings. The second-order valence-electron chi connectivity index (χ2n) is 5.90. The Labute approximate surface area is 120 Å². The number of aromatic nitrogens is 2. The first kappa shape index (κ1) is 14.0. The van der Waals surface area contributed by atoms with Crippen LogP contribution >= 0.6 is 0 Å². The molecule has 2 aliphatic rings. The molecule has 0 radical (unpaired) electrons. The lowest BCUT2D eigenvalue weighted by molar-refractivity contribution is 0.101. The monoisotopic (exact) mass is 298 g/mol. The second-order valence-corrected chi connectivity index (χ2v) is 7.73. The summed E-state index contributed by atoms with van der Waals surface area (Å²) < 4.78 is 27.7. The molecule has 7 heteroatoms. The van der Waals surface area contributed by atoms with Crippen LogP contribution in [0.25, 0.3) is 0 Å². The predicted molar refractivity (Wildman–Crippen MR) is 75.9 cm³/mol. The molecule has 0 amide bonds. The summed E-state index contributed by atoms with van der Waals surface area (Å²) in [6.07, 6.45) is 6.77. The molecule has 1 saturated carbocycles. The molecule has 1 spiro atoms. The van der Waals surface area contributed by atoms with Crippen LogP contribution in [0.15, 0.2) is 11.1 Å². The van der Waals surface area contributed by atoms with Gasteiger partial charge in [-0.05, 0) is 19.8 Å². The van der Waals surface area contributed by atoms with E-state index in [0.717, 1.165) is 38.8 Å². The fourth-order valence-electron chi connectivity index (χ4n) is 3.56. The Kier molecular flexibility index (Phi) is 3.60. The number of hydrogen-bond donors (Lipinski definition) is 2. The number of nitrogens with zero attached hydrogens (tertiary/aromatic N) is 2. The van der Waals surface area contributed by atoms with E-state index in [1.54, 1.807) is 11.2 Å². The molecule has 0 aromatic carbocycles. The van der Waals surface area contributed by atoms with Gasteiger partial charge >= 0.3 is 0 Å². The molecular formula is C13H22N4O2S. The number of aryl methyl sites for hydroxylation is 1. The minimum absolute atomic E-state index is 0.237. The van der Waals surface area contributed by atoms with Gasteiger partial charge in [0.15, 0.2) is 0 Å². The quantitative estimate of drug-likeness (QED) is 0.854. The van der Waals surface area contributed by atoms with Gasteiger partial charge in [-0.3, -0.25) is 5.10 Å². The molecule has 2 heterocycles. The summed E-state index contributed by atoms with van der Waals surface area (Å²) in [6, 6.07) is 0. The Balaban J connectivity index is 1.99. The van der Waals surface area contributed by atoms with Crippen molar-refractivity contribution in [3.8, 4) is 0 Å². The van der Waals surface area contributed by atoms with Gasteiger partial charge in [0.05, 0.1) is 11.9 Å². The average molecular weight is 298 g/mol. The van der Waals surface area contributed by atoms with Gasteiger partial charge in [0, 0.05) is 25.2 Å². The Morgan fingerprint density at radius 3 is 2.70 bits per heavy atom. The van der Waals surface area contributed by atoms with E-state index in [4.69, 9.17) is 0 Å². The number of aromatic amines is 1. The van der Waals surface area contributed by atoms with Gasteiger partial charge in [0.1, 0.15) is 4.90 Å². The summed E-state index contributed by atoms with van der Waals surface area (Å²) in [6.45, 7) is 3.80. The summed E-state index contributed by atoms with van der Waals surface area (Å²) in [5.41, 5.74) is 0.383. The first-order valence-corrected chi connectivity index (χ1v) is 8.74. The van der Waals surface area contributed by atoms with E-state index >= 15 is 0 Å². The SMILES string of the molecule is Cc1[nH]ncc1S(=O)(=O)N1CCNCC12CCCCC2. The van der Waals surface area contributed by atoms with Crippen molar-refractivity contribution in [2.24, 2.45) is 0 Å². The second kappa shape index (κ2) is 5.13. The van der Waals surface area contributed by atoms with Gasteiger partial charge in [0.2, 0.25) is 10.0 Å². The third-order valence-electron chi connectivity index (χ3n) is 4.61. The van der Waals surface area contributed by atoms with Crippen molar-refractivity contribution in [1.82, 2.24) is 19.8 Å². The molecule has 6 nitrogen and oxygen atoms in total. The molecule has 2 N–H and O–H groups in total. The number of hydrogen-bond acceptors (Lipinski definition) is 4. The maximum atomic E-state index is 13.0. The van der Waals surface area contributed by atoms with E-state index in [-0.39, 0.29) is 5.54 Å². The zero-order valence-electron chi connectivity index (χ0n) is 11.9. The van der Waals surface area contributed by atoms with Gasteiger partial charge in [-0.25, -0.2) is 8.42 Å². The molecule has 0 atom stereocenters.